The van der Waals surface area contributed by atoms with Crippen molar-refractivity contribution in [2.24, 2.45) is 11.6 Å². The van der Waals surface area contributed by atoms with Crippen LogP contribution in [0.5, 0.6) is 0 Å². The second-order valence-electron chi connectivity index (χ2n) is 2.43. The molecule has 0 heterocycles. The van der Waals surface area contributed by atoms with E-state index in [1.807, 2.05) is 31.2 Å². The molecule has 0 saturated heterocycles. The van der Waals surface area contributed by atoms with Gasteiger partial charge in [0.25, 0.3) is 0 Å². The molecule has 1 aromatic carbocycles. The van der Waals surface area contributed by atoms with E-state index in [0.29, 0.717) is 0 Å². The lowest BCUT2D eigenvalue weighted by molar-refractivity contribution is 1.08. The lowest BCUT2D eigenvalue weighted by atomic mass is 10.2. The van der Waals surface area contributed by atoms with E-state index >= 15 is 0 Å². The number of hydrazine groups is 1. The van der Waals surface area contributed by atoms with Crippen LogP contribution in [-0.4, -0.2) is 7.05 Å². The van der Waals surface area contributed by atoms with Crippen molar-refractivity contribution in [3.05, 3.63) is 42.6 Å². The summed E-state index contributed by atoms with van der Waals surface area (Å²) < 4.78 is 0. The third-order valence-corrected chi connectivity index (χ3v) is 1.53. The molecule has 0 unspecified atom stereocenters. The van der Waals surface area contributed by atoms with Gasteiger partial charge in [-0.2, -0.15) is 0 Å². The van der Waals surface area contributed by atoms with Gasteiger partial charge in [0.2, 0.25) is 0 Å². The molecule has 0 aliphatic rings. The van der Waals surface area contributed by atoms with Crippen LogP contribution in [0.4, 0.5) is 5.69 Å². The summed E-state index contributed by atoms with van der Waals surface area (Å²) in [6.07, 6.45) is 1.57. The van der Waals surface area contributed by atoms with E-state index in [2.05, 4.69) is 12.3 Å². The Morgan fingerprint density at radius 1 is 1.23 bits per heavy atom. The van der Waals surface area contributed by atoms with Crippen molar-refractivity contribution in [2.75, 3.05) is 12.1 Å². The highest BCUT2D eigenvalue weighted by Crippen LogP contribution is 2.11. The van der Waals surface area contributed by atoms with Crippen LogP contribution in [0.2, 0.25) is 0 Å². The highest BCUT2D eigenvalue weighted by Gasteiger charge is 1.93. The minimum Gasteiger partial charge on any atom is -0.333 e. The zero-order valence-corrected chi connectivity index (χ0v) is 8.20. The van der Waals surface area contributed by atoms with Gasteiger partial charge >= 0.3 is 0 Å². The quantitative estimate of drug-likeness (QED) is 0.533. The number of rotatable bonds is 2. The molecule has 0 aromatic heterocycles. The predicted octanol–water partition coefficient (Wildman–Crippen LogP) is 1.39. The smallest absolute Gasteiger partial charge is 0.0568 e. The number of anilines is 1. The number of nitrogens with zero attached hydrogens (tertiary/aromatic N) is 1. The van der Waals surface area contributed by atoms with Crippen molar-refractivity contribution in [3.63, 3.8) is 0 Å². The van der Waals surface area contributed by atoms with E-state index < -0.39 is 0 Å². The molecule has 0 spiro atoms. The van der Waals surface area contributed by atoms with Crippen LogP contribution in [0, 0.1) is 6.92 Å². The van der Waals surface area contributed by atoms with Crippen LogP contribution in [-0.2, 0) is 0 Å². The fraction of sp³-hybridized carbons (Fsp3) is 0.200. The van der Waals surface area contributed by atoms with Gasteiger partial charge in [-0.25, -0.2) is 5.84 Å². The van der Waals surface area contributed by atoms with Crippen molar-refractivity contribution in [2.45, 2.75) is 6.92 Å². The zero-order valence-electron chi connectivity index (χ0n) is 8.20. The van der Waals surface area contributed by atoms with Crippen LogP contribution in [0.15, 0.2) is 37.0 Å². The van der Waals surface area contributed by atoms with Crippen molar-refractivity contribution in [3.8, 4) is 0 Å². The second kappa shape index (κ2) is 6.22. The number of nitrogens with two attached hydrogens (primary N) is 2. The molecule has 0 aliphatic heterocycles. The Morgan fingerprint density at radius 3 is 2.08 bits per heavy atom. The van der Waals surface area contributed by atoms with Crippen LogP contribution in [0.3, 0.4) is 0 Å². The molecule has 0 saturated carbocycles. The molecule has 0 fully saturated rings. The molecule has 4 N–H and O–H groups in total. The van der Waals surface area contributed by atoms with Gasteiger partial charge in [-0.05, 0) is 26.1 Å². The molecule has 1 rings (SSSR count). The first-order valence-electron chi connectivity index (χ1n) is 4.05. The van der Waals surface area contributed by atoms with E-state index in [9.17, 15) is 0 Å². The first-order chi connectivity index (χ1) is 6.24. The second-order valence-corrected chi connectivity index (χ2v) is 2.43. The van der Waals surface area contributed by atoms with Crippen molar-refractivity contribution in [1.29, 1.82) is 0 Å². The van der Waals surface area contributed by atoms with Crippen LogP contribution >= 0.6 is 0 Å². The highest BCUT2D eigenvalue weighted by atomic mass is 15.4. The fourth-order valence-corrected chi connectivity index (χ4v) is 0.822. The van der Waals surface area contributed by atoms with Crippen molar-refractivity contribution < 1.29 is 0 Å². The summed E-state index contributed by atoms with van der Waals surface area (Å²) >= 11 is 0. The van der Waals surface area contributed by atoms with Gasteiger partial charge in [-0.1, -0.05) is 24.3 Å². The normalized spacial score (nSPS) is 8.31. The molecule has 0 aliphatic carbocycles. The molecule has 13 heavy (non-hydrogen) atoms. The van der Waals surface area contributed by atoms with E-state index in [1.165, 1.54) is 17.6 Å². The SMILES string of the molecule is C=CN(N)c1ccc(C)cc1.CN. The lowest BCUT2D eigenvalue weighted by Crippen LogP contribution is -2.23. The molecule has 3 nitrogen and oxygen atoms in total. The maximum Gasteiger partial charge on any atom is 0.0568 e. The molecule has 72 valence electrons. The summed E-state index contributed by atoms with van der Waals surface area (Å²) in [5.74, 6) is 5.56. The van der Waals surface area contributed by atoms with Gasteiger partial charge in [0.1, 0.15) is 0 Å². The molecule has 1 aromatic rings. The number of hydrogen-bond donors (Lipinski definition) is 2. The summed E-state index contributed by atoms with van der Waals surface area (Å²) in [7, 11) is 1.50. The van der Waals surface area contributed by atoms with Crippen LogP contribution < -0.4 is 16.6 Å². The fourth-order valence-electron chi connectivity index (χ4n) is 0.822. The number of benzene rings is 1. The molecular weight excluding hydrogens is 162 g/mol. The Bertz CT molecular complexity index is 241. The van der Waals surface area contributed by atoms with Crippen LogP contribution in [0.25, 0.3) is 0 Å². The van der Waals surface area contributed by atoms with E-state index in [-0.39, 0.29) is 0 Å². The topological polar surface area (TPSA) is 55.3 Å². The van der Waals surface area contributed by atoms with Gasteiger partial charge in [0.05, 0.1) is 5.69 Å². The molecule has 0 radical (unpaired) electrons. The largest absolute Gasteiger partial charge is 0.333 e. The Hall–Kier alpha value is -1.32. The molecular formula is C10H17N3. The maximum atomic E-state index is 5.56. The minimum absolute atomic E-state index is 0.950. The molecule has 0 atom stereocenters. The van der Waals surface area contributed by atoms with E-state index in [0.717, 1.165) is 5.69 Å². The first-order valence-corrected chi connectivity index (χ1v) is 4.05. The summed E-state index contributed by atoms with van der Waals surface area (Å²) in [4.78, 5) is 0. The Labute approximate surface area is 79.6 Å². The van der Waals surface area contributed by atoms with Crippen LogP contribution in [0.1, 0.15) is 5.56 Å². The first kappa shape index (κ1) is 11.7. The van der Waals surface area contributed by atoms with E-state index in [1.54, 1.807) is 6.20 Å². The minimum atomic E-state index is 0.950. The molecule has 0 bridgehead atoms. The standard InChI is InChI=1S/C9H12N2.CH5N/c1-3-11(10)9-6-4-8(2)5-7-9;1-2/h3-7H,1,10H2,2H3;2H2,1H3. The zero-order chi connectivity index (χ0) is 10.3. The van der Waals surface area contributed by atoms with Gasteiger partial charge in [-0.3, -0.25) is 5.01 Å². The van der Waals surface area contributed by atoms with E-state index in [4.69, 9.17) is 5.84 Å². The van der Waals surface area contributed by atoms with Gasteiger partial charge in [0.15, 0.2) is 0 Å². The summed E-state index contributed by atoms with van der Waals surface area (Å²) in [5.41, 5.74) is 6.68. The summed E-state index contributed by atoms with van der Waals surface area (Å²) in [6, 6.07) is 7.94. The molecule has 0 amide bonds. The number of aryl methyl sites for hydroxylation is 1. The monoisotopic (exact) mass is 179 g/mol. The summed E-state index contributed by atoms with van der Waals surface area (Å²) in [5, 5.41) is 1.49. The van der Waals surface area contributed by atoms with Gasteiger partial charge in [-0.15, -0.1) is 0 Å². The predicted molar refractivity (Wildman–Crippen MR) is 58.2 cm³/mol. The maximum absolute atomic E-state index is 5.56. The Balaban J connectivity index is 0.000000671. The van der Waals surface area contributed by atoms with Gasteiger partial charge in [0, 0.05) is 6.20 Å². The van der Waals surface area contributed by atoms with Gasteiger partial charge < -0.3 is 5.73 Å². The third-order valence-electron chi connectivity index (χ3n) is 1.53. The number of hydrogen-bond acceptors (Lipinski definition) is 3. The van der Waals surface area contributed by atoms with Crippen molar-refractivity contribution >= 4 is 5.69 Å². The summed E-state index contributed by atoms with van der Waals surface area (Å²) in [6.45, 7) is 5.60. The van der Waals surface area contributed by atoms with Crippen molar-refractivity contribution in [1.82, 2.24) is 0 Å². The lowest BCUT2D eigenvalue weighted by Gasteiger charge is -2.12. The Kier molecular flexibility index (Phi) is 5.59. The Morgan fingerprint density at radius 2 is 1.69 bits per heavy atom. The average Bonchev–Trinajstić information content (AvgIpc) is 2.21. The average molecular weight is 179 g/mol. The highest BCUT2D eigenvalue weighted by molar-refractivity contribution is 5.47. The third kappa shape index (κ3) is 3.73. The molecule has 3 heteroatoms.